The van der Waals surface area contributed by atoms with Crippen LogP contribution in [-0.2, 0) is 4.79 Å². The minimum Gasteiger partial charge on any atom is -0.396 e. The zero-order chi connectivity index (χ0) is 12.1. The maximum Gasteiger partial charge on any atom is 0.124 e. The highest BCUT2D eigenvalue weighted by Gasteiger charge is 1.96. The third kappa shape index (κ3) is 24.8. The summed E-state index contributed by atoms with van der Waals surface area (Å²) in [5, 5.41) is 8.43. The van der Waals surface area contributed by atoms with Crippen LogP contribution >= 0.6 is 0 Å². The summed E-state index contributed by atoms with van der Waals surface area (Å²) >= 11 is 0. The van der Waals surface area contributed by atoms with E-state index in [1.807, 2.05) is 26.0 Å². The van der Waals surface area contributed by atoms with Gasteiger partial charge in [-0.3, -0.25) is 0 Å². The summed E-state index contributed by atoms with van der Waals surface area (Å²) in [6.45, 7) is 0.255. The number of hydrogen-bond acceptors (Lipinski definition) is 3. The van der Waals surface area contributed by atoms with Crippen LogP contribution in [0.1, 0.15) is 32.1 Å². The highest BCUT2D eigenvalue weighted by atomic mass is 16.2. The Morgan fingerprint density at radius 3 is 2.00 bits per heavy atom. The van der Waals surface area contributed by atoms with Gasteiger partial charge in [0, 0.05) is 13.0 Å². The van der Waals surface area contributed by atoms with E-state index in [-0.39, 0.29) is 18.7 Å². The molecule has 0 atom stereocenters. The number of carbonyl (C=O) groups is 1. The largest absolute Gasteiger partial charge is 0.396 e. The van der Waals surface area contributed by atoms with Crippen molar-refractivity contribution < 1.29 is 9.90 Å². The first-order chi connectivity index (χ1) is 7.04. The van der Waals surface area contributed by atoms with Crippen molar-refractivity contribution in [3.05, 3.63) is 0 Å². The molecule has 2 radical (unpaired) electrons. The van der Waals surface area contributed by atoms with Crippen LogP contribution in [0.3, 0.4) is 0 Å². The van der Waals surface area contributed by atoms with Crippen molar-refractivity contribution in [2.45, 2.75) is 38.4 Å². The smallest absolute Gasteiger partial charge is 0.124 e. The maximum atomic E-state index is 10.7. The standard InChI is InChI=1S/C8H15BO2.C3H9N/c9-7-8(11)5-3-1-2-4-6-10;1-4(2)3/h10H,1-7H2;1-3H3. The number of Topliss-reactive ketones (excluding diaryl/α,β-unsaturated/α-hetero) is 1. The number of aliphatic hydroxyl groups is 1. The number of unbranched alkanes of at least 4 members (excludes halogenated alkanes) is 3. The molecule has 0 bridgehead atoms. The Labute approximate surface area is 95.3 Å². The van der Waals surface area contributed by atoms with Gasteiger partial charge in [0.05, 0.1) is 7.85 Å². The summed E-state index contributed by atoms with van der Waals surface area (Å²) in [7, 11) is 11.1. The number of hydrogen-bond donors (Lipinski definition) is 1. The molecule has 0 saturated carbocycles. The van der Waals surface area contributed by atoms with E-state index >= 15 is 0 Å². The van der Waals surface area contributed by atoms with Gasteiger partial charge in [-0.15, -0.1) is 0 Å². The highest BCUT2D eigenvalue weighted by Crippen LogP contribution is 2.03. The summed E-state index contributed by atoms with van der Waals surface area (Å²) in [5.41, 5.74) is 0. The van der Waals surface area contributed by atoms with Gasteiger partial charge in [0.15, 0.2) is 0 Å². The van der Waals surface area contributed by atoms with Gasteiger partial charge < -0.3 is 14.8 Å². The molecular formula is C11H24BNO2. The molecule has 3 nitrogen and oxygen atoms in total. The Hall–Kier alpha value is -0.345. The second-order valence-corrected chi connectivity index (χ2v) is 3.97. The van der Waals surface area contributed by atoms with Gasteiger partial charge in [-0.1, -0.05) is 12.8 Å². The second-order valence-electron chi connectivity index (χ2n) is 3.97. The quantitative estimate of drug-likeness (QED) is 0.511. The van der Waals surface area contributed by atoms with Gasteiger partial charge in [-0.05, 0) is 40.3 Å². The highest BCUT2D eigenvalue weighted by molar-refractivity contribution is 6.20. The first-order valence-corrected chi connectivity index (χ1v) is 5.48. The molecule has 0 heterocycles. The van der Waals surface area contributed by atoms with Crippen molar-refractivity contribution in [1.29, 1.82) is 0 Å². The molecule has 0 aliphatic rings. The fourth-order valence-electron chi connectivity index (χ4n) is 0.890. The molecule has 0 aliphatic heterocycles. The average Bonchev–Trinajstić information content (AvgIpc) is 2.16. The van der Waals surface area contributed by atoms with E-state index < -0.39 is 0 Å². The lowest BCUT2D eigenvalue weighted by atomic mass is 9.97. The van der Waals surface area contributed by atoms with Gasteiger partial charge in [-0.2, -0.15) is 0 Å². The normalized spacial score (nSPS) is 9.67. The SMILES string of the molecule is CN(C)C.[B]CC(=O)CCCCCCO. The number of rotatable bonds is 7. The fourth-order valence-corrected chi connectivity index (χ4v) is 0.890. The molecule has 1 N–H and O–H groups in total. The molecule has 0 unspecified atom stereocenters. The molecule has 0 fully saturated rings. The summed E-state index contributed by atoms with van der Waals surface area (Å²) in [4.78, 5) is 12.7. The molecule has 0 amide bonds. The van der Waals surface area contributed by atoms with Crippen molar-refractivity contribution in [2.24, 2.45) is 0 Å². The molecular weight excluding hydrogens is 189 g/mol. The van der Waals surface area contributed by atoms with Crippen molar-refractivity contribution in [2.75, 3.05) is 27.7 Å². The third-order valence-corrected chi connectivity index (χ3v) is 1.59. The molecule has 0 aromatic rings. The third-order valence-electron chi connectivity index (χ3n) is 1.59. The Morgan fingerprint density at radius 2 is 1.60 bits per heavy atom. The van der Waals surface area contributed by atoms with Crippen LogP contribution in [0.25, 0.3) is 0 Å². The lowest BCUT2D eigenvalue weighted by Gasteiger charge is -1.97. The van der Waals surface area contributed by atoms with E-state index in [1.54, 1.807) is 0 Å². The Balaban J connectivity index is 0. The molecule has 15 heavy (non-hydrogen) atoms. The molecule has 0 aromatic heterocycles. The molecule has 0 spiro atoms. The van der Waals surface area contributed by atoms with Crippen LogP contribution in [0.4, 0.5) is 0 Å². The van der Waals surface area contributed by atoms with E-state index in [0.717, 1.165) is 25.7 Å². The van der Waals surface area contributed by atoms with E-state index in [0.29, 0.717) is 6.42 Å². The van der Waals surface area contributed by atoms with Crippen LogP contribution in [0.2, 0.25) is 6.32 Å². The van der Waals surface area contributed by atoms with E-state index in [9.17, 15) is 4.79 Å². The maximum absolute atomic E-state index is 10.7. The first-order valence-electron chi connectivity index (χ1n) is 5.48. The van der Waals surface area contributed by atoms with Crippen LogP contribution < -0.4 is 0 Å². The van der Waals surface area contributed by atoms with Crippen molar-refractivity contribution >= 4 is 13.6 Å². The van der Waals surface area contributed by atoms with Crippen LogP contribution in [0.5, 0.6) is 0 Å². The van der Waals surface area contributed by atoms with Crippen LogP contribution in [0, 0.1) is 0 Å². The van der Waals surface area contributed by atoms with E-state index in [4.69, 9.17) is 13.0 Å². The molecule has 88 valence electrons. The summed E-state index contributed by atoms with van der Waals surface area (Å²) < 4.78 is 0. The zero-order valence-electron chi connectivity index (χ0n) is 10.3. The minimum absolute atomic E-state index is 0.133. The Bertz CT molecular complexity index is 138. The van der Waals surface area contributed by atoms with Gasteiger partial charge in [0.1, 0.15) is 5.78 Å². The first kappa shape index (κ1) is 17.1. The topological polar surface area (TPSA) is 40.5 Å². The predicted octanol–water partition coefficient (Wildman–Crippen LogP) is 1.26. The monoisotopic (exact) mass is 213 g/mol. The molecule has 4 heteroatoms. The molecule has 0 aromatic carbocycles. The van der Waals surface area contributed by atoms with Gasteiger partial charge in [-0.25, -0.2) is 0 Å². The van der Waals surface area contributed by atoms with Crippen LogP contribution in [-0.4, -0.2) is 51.4 Å². The van der Waals surface area contributed by atoms with E-state index in [2.05, 4.69) is 0 Å². The van der Waals surface area contributed by atoms with Crippen molar-refractivity contribution in [3.63, 3.8) is 0 Å². The lowest BCUT2D eigenvalue weighted by molar-refractivity contribution is -0.117. The van der Waals surface area contributed by atoms with Gasteiger partial charge >= 0.3 is 0 Å². The van der Waals surface area contributed by atoms with Crippen molar-refractivity contribution in [3.8, 4) is 0 Å². The fraction of sp³-hybridized carbons (Fsp3) is 0.909. The summed E-state index contributed by atoms with van der Waals surface area (Å²) in [6, 6.07) is 0. The molecule has 0 saturated heterocycles. The summed E-state index contributed by atoms with van der Waals surface area (Å²) in [6.07, 6.45) is 4.55. The molecule has 0 aliphatic carbocycles. The number of aliphatic hydroxyl groups excluding tert-OH is 1. The predicted molar refractivity (Wildman–Crippen MR) is 65.3 cm³/mol. The number of nitrogens with zero attached hydrogens (tertiary/aromatic N) is 1. The zero-order valence-corrected chi connectivity index (χ0v) is 10.3. The van der Waals surface area contributed by atoms with Gasteiger partial charge in [0.25, 0.3) is 0 Å². The van der Waals surface area contributed by atoms with E-state index in [1.165, 1.54) is 0 Å². The van der Waals surface area contributed by atoms with Gasteiger partial charge in [0.2, 0.25) is 0 Å². The van der Waals surface area contributed by atoms with Crippen molar-refractivity contribution in [1.82, 2.24) is 4.90 Å². The molecule has 0 rings (SSSR count). The second kappa shape index (κ2) is 13.7. The Kier molecular flexibility index (Phi) is 15.5. The average molecular weight is 213 g/mol. The lowest BCUT2D eigenvalue weighted by Crippen LogP contribution is -1.99. The summed E-state index contributed by atoms with van der Waals surface area (Å²) in [5.74, 6) is 0.133. The Morgan fingerprint density at radius 1 is 1.13 bits per heavy atom. The minimum atomic E-state index is 0.133. The van der Waals surface area contributed by atoms with Crippen LogP contribution in [0.15, 0.2) is 0 Å². The number of carbonyl (C=O) groups excluding carboxylic acids is 1. The number of ketones is 1.